The summed E-state index contributed by atoms with van der Waals surface area (Å²) in [6.07, 6.45) is 1.43. The van der Waals surface area contributed by atoms with Crippen LogP contribution >= 0.6 is 12.4 Å². The highest BCUT2D eigenvalue weighted by molar-refractivity contribution is 7.89. The van der Waals surface area contributed by atoms with Gasteiger partial charge < -0.3 is 10.5 Å². The molecule has 1 aromatic rings. The molecule has 1 aliphatic heterocycles. The molecule has 1 heterocycles. The van der Waals surface area contributed by atoms with Crippen molar-refractivity contribution in [1.29, 1.82) is 0 Å². The highest BCUT2D eigenvalue weighted by Crippen LogP contribution is 2.22. The molecule has 0 spiro atoms. The molecular weight excluding hydrogens is 324 g/mol. The van der Waals surface area contributed by atoms with Crippen LogP contribution in [0.25, 0.3) is 0 Å². The normalized spacial score (nSPS) is 17.3. The third kappa shape index (κ3) is 4.84. The van der Waals surface area contributed by atoms with Gasteiger partial charge in [0.2, 0.25) is 10.0 Å². The van der Waals surface area contributed by atoms with Crippen molar-refractivity contribution in [3.63, 3.8) is 0 Å². The maximum atomic E-state index is 12.5. The van der Waals surface area contributed by atoms with E-state index in [4.69, 9.17) is 10.5 Å². The van der Waals surface area contributed by atoms with Gasteiger partial charge in [-0.15, -0.1) is 12.4 Å². The molecule has 1 saturated heterocycles. The van der Waals surface area contributed by atoms with Gasteiger partial charge in [0.25, 0.3) is 0 Å². The Morgan fingerprint density at radius 1 is 1.23 bits per heavy atom. The number of hydrogen-bond acceptors (Lipinski definition) is 4. The van der Waals surface area contributed by atoms with Crippen molar-refractivity contribution in [2.24, 2.45) is 11.7 Å². The zero-order valence-electron chi connectivity index (χ0n) is 13.1. The lowest BCUT2D eigenvalue weighted by molar-refractivity contribution is 0.271. The minimum Gasteiger partial charge on any atom is -0.493 e. The number of hydrogen-bond donors (Lipinski definition) is 1. The minimum absolute atomic E-state index is 0. The first kappa shape index (κ1) is 19.2. The minimum atomic E-state index is -3.41. The van der Waals surface area contributed by atoms with Gasteiger partial charge in [0.15, 0.2) is 0 Å². The predicted molar refractivity (Wildman–Crippen MR) is 90.0 cm³/mol. The van der Waals surface area contributed by atoms with Crippen molar-refractivity contribution >= 4 is 22.4 Å². The molecule has 0 radical (unpaired) electrons. The zero-order valence-corrected chi connectivity index (χ0v) is 14.7. The fourth-order valence-electron chi connectivity index (χ4n) is 2.24. The Morgan fingerprint density at radius 3 is 2.27 bits per heavy atom. The van der Waals surface area contributed by atoms with E-state index in [1.807, 2.05) is 0 Å². The van der Waals surface area contributed by atoms with Crippen molar-refractivity contribution in [2.75, 3.05) is 19.7 Å². The average Bonchev–Trinajstić information content (AvgIpc) is 2.46. The van der Waals surface area contributed by atoms with Gasteiger partial charge in [-0.3, -0.25) is 0 Å². The second-order valence-electron chi connectivity index (χ2n) is 5.92. The Kier molecular flexibility index (Phi) is 7.12. The lowest BCUT2D eigenvalue weighted by atomic mass is 10.1. The number of halogens is 1. The molecule has 7 heteroatoms. The SMILES string of the molecule is CC(C)COc1ccc(S(=O)(=O)N2CCC(N)CC2)cc1.Cl. The highest BCUT2D eigenvalue weighted by atomic mass is 35.5. The first-order valence-electron chi connectivity index (χ1n) is 7.38. The molecule has 0 aliphatic carbocycles. The molecule has 1 fully saturated rings. The van der Waals surface area contributed by atoms with E-state index in [9.17, 15) is 8.42 Å². The van der Waals surface area contributed by atoms with E-state index in [2.05, 4.69) is 13.8 Å². The molecular formula is C15H25ClN2O3S. The summed E-state index contributed by atoms with van der Waals surface area (Å²) in [6.45, 7) is 5.75. The van der Waals surface area contributed by atoms with Crippen molar-refractivity contribution in [3.8, 4) is 5.75 Å². The number of nitrogens with two attached hydrogens (primary N) is 1. The van der Waals surface area contributed by atoms with E-state index in [1.165, 1.54) is 4.31 Å². The summed E-state index contributed by atoms with van der Waals surface area (Å²) in [7, 11) is -3.41. The lowest BCUT2D eigenvalue weighted by Crippen LogP contribution is -2.42. The van der Waals surface area contributed by atoms with Crippen LogP contribution in [0.1, 0.15) is 26.7 Å². The molecule has 0 unspecified atom stereocenters. The Morgan fingerprint density at radius 2 is 1.77 bits per heavy atom. The lowest BCUT2D eigenvalue weighted by Gasteiger charge is -2.29. The number of piperidine rings is 1. The van der Waals surface area contributed by atoms with Gasteiger partial charge in [0.05, 0.1) is 11.5 Å². The quantitative estimate of drug-likeness (QED) is 0.885. The van der Waals surface area contributed by atoms with Crippen LogP contribution in [0, 0.1) is 5.92 Å². The summed E-state index contributed by atoms with van der Waals surface area (Å²) in [6, 6.07) is 6.76. The van der Waals surface area contributed by atoms with Crippen molar-refractivity contribution < 1.29 is 13.2 Å². The fraction of sp³-hybridized carbons (Fsp3) is 0.600. The molecule has 0 amide bonds. The molecule has 1 aromatic carbocycles. The van der Waals surface area contributed by atoms with E-state index in [0.29, 0.717) is 36.3 Å². The number of ether oxygens (including phenoxy) is 1. The maximum absolute atomic E-state index is 12.5. The second kappa shape index (κ2) is 8.15. The third-order valence-electron chi connectivity index (χ3n) is 3.54. The summed E-state index contributed by atoms with van der Waals surface area (Å²) < 4.78 is 32.1. The number of nitrogens with zero attached hydrogens (tertiary/aromatic N) is 1. The van der Waals surface area contributed by atoms with Crippen LogP contribution in [0.15, 0.2) is 29.2 Å². The third-order valence-corrected chi connectivity index (χ3v) is 5.46. The van der Waals surface area contributed by atoms with Gasteiger partial charge >= 0.3 is 0 Å². The highest BCUT2D eigenvalue weighted by Gasteiger charge is 2.28. The smallest absolute Gasteiger partial charge is 0.243 e. The van der Waals surface area contributed by atoms with Gasteiger partial charge in [-0.05, 0) is 43.0 Å². The molecule has 0 saturated carbocycles. The van der Waals surface area contributed by atoms with E-state index in [-0.39, 0.29) is 18.4 Å². The fourth-order valence-corrected chi connectivity index (χ4v) is 3.71. The van der Waals surface area contributed by atoms with Gasteiger partial charge in [0.1, 0.15) is 5.75 Å². The summed E-state index contributed by atoms with van der Waals surface area (Å²) in [4.78, 5) is 0.315. The summed E-state index contributed by atoms with van der Waals surface area (Å²) in [5.74, 6) is 1.13. The van der Waals surface area contributed by atoms with Gasteiger partial charge in [0, 0.05) is 19.1 Å². The van der Waals surface area contributed by atoms with E-state index >= 15 is 0 Å². The molecule has 0 bridgehead atoms. The number of rotatable bonds is 5. The Hall–Kier alpha value is -0.820. The zero-order chi connectivity index (χ0) is 15.5. The molecule has 0 aromatic heterocycles. The van der Waals surface area contributed by atoms with Crippen LogP contribution in [0.5, 0.6) is 5.75 Å². The molecule has 2 N–H and O–H groups in total. The first-order valence-corrected chi connectivity index (χ1v) is 8.82. The largest absolute Gasteiger partial charge is 0.493 e. The van der Waals surface area contributed by atoms with E-state index in [0.717, 1.165) is 12.8 Å². The molecule has 2 rings (SSSR count). The van der Waals surface area contributed by atoms with Crippen LogP contribution in [-0.2, 0) is 10.0 Å². The van der Waals surface area contributed by atoms with Crippen molar-refractivity contribution in [2.45, 2.75) is 37.6 Å². The van der Waals surface area contributed by atoms with Crippen LogP contribution < -0.4 is 10.5 Å². The van der Waals surface area contributed by atoms with Crippen LogP contribution in [-0.4, -0.2) is 38.5 Å². The van der Waals surface area contributed by atoms with Crippen LogP contribution in [0.3, 0.4) is 0 Å². The van der Waals surface area contributed by atoms with E-state index < -0.39 is 10.0 Å². The van der Waals surface area contributed by atoms with Crippen LogP contribution in [0.2, 0.25) is 0 Å². The molecule has 0 atom stereocenters. The number of sulfonamides is 1. The predicted octanol–water partition coefficient (Wildman–Crippen LogP) is 2.26. The van der Waals surface area contributed by atoms with Crippen LogP contribution in [0.4, 0.5) is 0 Å². The second-order valence-corrected chi connectivity index (χ2v) is 7.86. The summed E-state index contributed by atoms with van der Waals surface area (Å²) in [5, 5.41) is 0. The topological polar surface area (TPSA) is 72.6 Å². The average molecular weight is 349 g/mol. The Bertz CT molecular complexity index is 553. The van der Waals surface area contributed by atoms with Gasteiger partial charge in [-0.25, -0.2) is 8.42 Å². The van der Waals surface area contributed by atoms with Crippen molar-refractivity contribution in [3.05, 3.63) is 24.3 Å². The van der Waals surface area contributed by atoms with Crippen molar-refractivity contribution in [1.82, 2.24) is 4.31 Å². The Labute approximate surface area is 139 Å². The van der Waals surface area contributed by atoms with E-state index in [1.54, 1.807) is 24.3 Å². The summed E-state index contributed by atoms with van der Waals surface area (Å²) >= 11 is 0. The molecule has 22 heavy (non-hydrogen) atoms. The molecule has 126 valence electrons. The van der Waals surface area contributed by atoms with Gasteiger partial charge in [-0.1, -0.05) is 13.8 Å². The first-order chi connectivity index (χ1) is 9.89. The Balaban J connectivity index is 0.00000242. The standard InChI is InChI=1S/C15H24N2O3S.ClH/c1-12(2)11-20-14-3-5-15(6-4-14)21(18,19)17-9-7-13(16)8-10-17;/h3-6,12-13H,7-11,16H2,1-2H3;1H. The van der Waals surface area contributed by atoms with Gasteiger partial charge in [-0.2, -0.15) is 4.31 Å². The molecule has 1 aliphatic rings. The number of benzene rings is 1. The summed E-state index contributed by atoms with van der Waals surface area (Å²) in [5.41, 5.74) is 5.82. The maximum Gasteiger partial charge on any atom is 0.243 e. The monoisotopic (exact) mass is 348 g/mol. The molecule has 5 nitrogen and oxygen atoms in total.